The van der Waals surface area contributed by atoms with Crippen molar-refractivity contribution in [3.63, 3.8) is 0 Å². The van der Waals surface area contributed by atoms with Crippen LogP contribution in [0.1, 0.15) is 37.0 Å². The van der Waals surface area contributed by atoms with Gasteiger partial charge in [0.05, 0.1) is 19.2 Å². The maximum Gasteiger partial charge on any atom is 0.332 e. The summed E-state index contributed by atoms with van der Waals surface area (Å²) in [6, 6.07) is 6.76. The Labute approximate surface area is 203 Å². The largest absolute Gasteiger partial charge is 0.496 e. The minimum atomic E-state index is -0.598. The lowest BCUT2D eigenvalue weighted by atomic mass is 10.1. The highest BCUT2D eigenvalue weighted by Crippen LogP contribution is 2.23. The summed E-state index contributed by atoms with van der Waals surface area (Å²) in [6.45, 7) is 5.35. The Morgan fingerprint density at radius 1 is 1.23 bits per heavy atom. The Bertz CT molecular complexity index is 1410. The van der Waals surface area contributed by atoms with Crippen molar-refractivity contribution in [2.75, 3.05) is 25.1 Å². The first-order valence-corrected chi connectivity index (χ1v) is 11.7. The molecule has 1 aliphatic rings. The van der Waals surface area contributed by atoms with Gasteiger partial charge in [0.2, 0.25) is 5.95 Å². The second-order valence-electron chi connectivity index (χ2n) is 9.18. The van der Waals surface area contributed by atoms with Gasteiger partial charge in [0.15, 0.2) is 16.9 Å². The average molecular weight is 481 g/mol. The third-order valence-corrected chi connectivity index (χ3v) is 6.34. The van der Waals surface area contributed by atoms with Gasteiger partial charge in [0, 0.05) is 32.7 Å². The lowest BCUT2D eigenvalue weighted by Gasteiger charge is -2.31. The molecule has 2 aromatic heterocycles. The van der Waals surface area contributed by atoms with Gasteiger partial charge >= 0.3 is 5.69 Å². The molecule has 0 aliphatic carbocycles. The molecule has 35 heavy (non-hydrogen) atoms. The van der Waals surface area contributed by atoms with Crippen LogP contribution in [0.5, 0.6) is 5.75 Å². The van der Waals surface area contributed by atoms with Gasteiger partial charge in [-0.3, -0.25) is 18.7 Å². The van der Waals surface area contributed by atoms with E-state index in [1.54, 1.807) is 31.3 Å². The molecule has 1 fully saturated rings. The number of hydrogen-bond acceptors (Lipinski definition) is 7. The number of Topliss-reactive ketones (excluding diaryl/α,β-unsaturated/α-hetero) is 1. The molecular weight excluding hydrogens is 448 g/mol. The number of para-hydroxylation sites is 1. The molecule has 3 heterocycles. The van der Waals surface area contributed by atoms with E-state index in [2.05, 4.69) is 4.90 Å². The summed E-state index contributed by atoms with van der Waals surface area (Å²) < 4.78 is 9.42. The van der Waals surface area contributed by atoms with Crippen LogP contribution in [0.4, 0.5) is 5.95 Å². The number of carbonyl (C=O) groups excluding carboxylic acids is 1. The monoisotopic (exact) mass is 480 g/mol. The van der Waals surface area contributed by atoms with Gasteiger partial charge in [0.25, 0.3) is 5.56 Å². The fourth-order valence-electron chi connectivity index (χ4n) is 4.48. The highest BCUT2D eigenvalue weighted by atomic mass is 16.5. The van der Waals surface area contributed by atoms with Crippen molar-refractivity contribution in [2.45, 2.75) is 45.8 Å². The SMILES string of the molecule is COc1ccccc1C(=O)Cn1c(=O)c2c(nc(N3CCCC(N)C3)n2CC=C(C)C)n(C)c1=O. The van der Waals surface area contributed by atoms with E-state index in [-0.39, 0.29) is 17.2 Å². The van der Waals surface area contributed by atoms with E-state index in [0.29, 0.717) is 30.4 Å². The number of ether oxygens (including phenoxy) is 1. The van der Waals surface area contributed by atoms with Gasteiger partial charge < -0.3 is 19.9 Å². The molecular formula is C25H32N6O4. The maximum atomic E-state index is 13.7. The molecule has 10 heteroatoms. The average Bonchev–Trinajstić information content (AvgIpc) is 3.23. The second kappa shape index (κ2) is 9.91. The van der Waals surface area contributed by atoms with Gasteiger partial charge in [-0.2, -0.15) is 4.98 Å². The van der Waals surface area contributed by atoms with Gasteiger partial charge in [-0.1, -0.05) is 23.8 Å². The second-order valence-corrected chi connectivity index (χ2v) is 9.18. The number of aromatic nitrogens is 4. The molecule has 1 aliphatic heterocycles. The Morgan fingerprint density at radius 2 is 1.97 bits per heavy atom. The van der Waals surface area contributed by atoms with Crippen LogP contribution >= 0.6 is 0 Å². The lowest BCUT2D eigenvalue weighted by molar-refractivity contribution is 0.0966. The van der Waals surface area contributed by atoms with Crippen molar-refractivity contribution in [1.82, 2.24) is 18.7 Å². The molecule has 0 spiro atoms. The van der Waals surface area contributed by atoms with Gasteiger partial charge in [0.1, 0.15) is 5.75 Å². The molecule has 4 rings (SSSR count). The number of fused-ring (bicyclic) bond motifs is 1. The Balaban J connectivity index is 1.88. The number of aryl methyl sites for hydroxylation is 1. The number of nitrogens with zero attached hydrogens (tertiary/aromatic N) is 5. The zero-order valence-electron chi connectivity index (χ0n) is 20.7. The van der Waals surface area contributed by atoms with Crippen LogP contribution in [-0.4, -0.2) is 50.7 Å². The number of benzene rings is 1. The summed E-state index contributed by atoms with van der Waals surface area (Å²) in [7, 11) is 3.04. The van der Waals surface area contributed by atoms with E-state index in [0.717, 1.165) is 29.5 Å². The maximum absolute atomic E-state index is 13.7. The summed E-state index contributed by atoms with van der Waals surface area (Å²) in [5, 5.41) is 0. The molecule has 186 valence electrons. The standard InChI is InChI=1S/C25H32N6O4/c1-16(2)11-13-30-21-22(27-24(30)29-12-7-8-17(26)14-29)28(3)25(34)31(23(21)33)15-19(32)18-9-5-6-10-20(18)35-4/h5-6,9-11,17H,7-8,12-15,26H2,1-4H3. The predicted octanol–water partition coefficient (Wildman–Crippen LogP) is 1.68. The Kier molecular flexibility index (Phi) is 6.93. The third kappa shape index (κ3) is 4.66. The molecule has 1 saturated heterocycles. The normalized spacial score (nSPS) is 15.9. The molecule has 10 nitrogen and oxygen atoms in total. The van der Waals surface area contributed by atoms with E-state index < -0.39 is 23.6 Å². The summed E-state index contributed by atoms with van der Waals surface area (Å²) in [5.41, 5.74) is 7.04. The molecule has 0 radical (unpaired) electrons. The van der Waals surface area contributed by atoms with Crippen LogP contribution in [0, 0.1) is 0 Å². The number of anilines is 1. The highest BCUT2D eigenvalue weighted by molar-refractivity contribution is 5.98. The molecule has 1 atom stereocenters. The van der Waals surface area contributed by atoms with E-state index in [1.165, 1.54) is 11.7 Å². The first kappa shape index (κ1) is 24.5. The summed E-state index contributed by atoms with van der Waals surface area (Å²) in [5.74, 6) is 0.605. The van der Waals surface area contributed by atoms with Crippen molar-refractivity contribution in [1.29, 1.82) is 0 Å². The first-order chi connectivity index (χ1) is 16.7. The minimum Gasteiger partial charge on any atom is -0.496 e. The Morgan fingerprint density at radius 3 is 2.66 bits per heavy atom. The molecule has 1 aromatic carbocycles. The van der Waals surface area contributed by atoms with E-state index in [4.69, 9.17) is 15.5 Å². The van der Waals surface area contributed by atoms with Crippen molar-refractivity contribution in [3.8, 4) is 5.75 Å². The smallest absolute Gasteiger partial charge is 0.332 e. The van der Waals surface area contributed by atoms with Crippen molar-refractivity contribution >= 4 is 22.9 Å². The number of ketones is 1. The predicted molar refractivity (Wildman–Crippen MR) is 135 cm³/mol. The molecule has 0 saturated carbocycles. The van der Waals surface area contributed by atoms with Crippen LogP contribution in [0.3, 0.4) is 0 Å². The minimum absolute atomic E-state index is 0.0133. The number of imidazole rings is 1. The zero-order chi connectivity index (χ0) is 25.3. The quantitative estimate of drug-likeness (QED) is 0.404. The fourth-order valence-corrected chi connectivity index (χ4v) is 4.48. The molecule has 0 amide bonds. The number of methoxy groups -OCH3 is 1. The van der Waals surface area contributed by atoms with Crippen molar-refractivity contribution in [3.05, 3.63) is 62.3 Å². The molecule has 0 bridgehead atoms. The number of rotatable bonds is 7. The van der Waals surface area contributed by atoms with Crippen molar-refractivity contribution < 1.29 is 9.53 Å². The number of piperidine rings is 1. The van der Waals surface area contributed by atoms with E-state index in [9.17, 15) is 14.4 Å². The van der Waals surface area contributed by atoms with Gasteiger partial charge in [-0.25, -0.2) is 4.79 Å². The zero-order valence-corrected chi connectivity index (χ0v) is 20.7. The summed E-state index contributed by atoms with van der Waals surface area (Å²) in [4.78, 5) is 46.8. The summed E-state index contributed by atoms with van der Waals surface area (Å²) >= 11 is 0. The van der Waals surface area contributed by atoms with Crippen molar-refractivity contribution in [2.24, 2.45) is 12.8 Å². The number of allylic oxidation sites excluding steroid dienone is 2. The highest BCUT2D eigenvalue weighted by Gasteiger charge is 2.26. The Hall–Kier alpha value is -3.66. The van der Waals surface area contributed by atoms with E-state index >= 15 is 0 Å². The third-order valence-electron chi connectivity index (χ3n) is 6.34. The van der Waals surface area contributed by atoms with Gasteiger partial charge in [-0.05, 0) is 38.8 Å². The molecule has 2 N–H and O–H groups in total. The number of hydrogen-bond donors (Lipinski definition) is 1. The van der Waals surface area contributed by atoms with E-state index in [1.807, 2.05) is 24.5 Å². The first-order valence-electron chi connectivity index (χ1n) is 11.7. The van der Waals surface area contributed by atoms with Crippen LogP contribution in [0.2, 0.25) is 0 Å². The summed E-state index contributed by atoms with van der Waals surface area (Å²) in [6.07, 6.45) is 3.86. The van der Waals surface area contributed by atoms with Crippen LogP contribution in [0.15, 0.2) is 45.5 Å². The van der Waals surface area contributed by atoms with Gasteiger partial charge in [-0.15, -0.1) is 0 Å². The number of nitrogens with two attached hydrogens (primary N) is 1. The lowest BCUT2D eigenvalue weighted by Crippen LogP contribution is -2.44. The topological polar surface area (TPSA) is 117 Å². The number of carbonyl (C=O) groups is 1. The van der Waals surface area contributed by atoms with Crippen LogP contribution in [-0.2, 0) is 20.1 Å². The molecule has 1 unspecified atom stereocenters. The fraction of sp³-hybridized carbons (Fsp3) is 0.440. The molecule has 3 aromatic rings. The van der Waals surface area contributed by atoms with Crippen LogP contribution < -0.4 is 26.6 Å². The van der Waals surface area contributed by atoms with Crippen LogP contribution in [0.25, 0.3) is 11.2 Å².